The van der Waals surface area contributed by atoms with E-state index in [1.165, 1.54) is 24.7 Å². The van der Waals surface area contributed by atoms with Crippen LogP contribution in [0.1, 0.15) is 11.1 Å². The minimum atomic E-state index is -4.40. The highest BCUT2D eigenvalue weighted by molar-refractivity contribution is 5.46. The first-order valence-corrected chi connectivity index (χ1v) is 4.88. The number of nitrogens with zero attached hydrogens (tertiary/aromatic N) is 2. The van der Waals surface area contributed by atoms with Crippen LogP contribution in [0, 0.1) is 0 Å². The van der Waals surface area contributed by atoms with Gasteiger partial charge >= 0.3 is 6.18 Å². The molecule has 0 aliphatic heterocycles. The van der Waals surface area contributed by atoms with Crippen LogP contribution in [0.2, 0.25) is 0 Å². The number of anilines is 1. The van der Waals surface area contributed by atoms with Crippen molar-refractivity contribution < 1.29 is 13.2 Å². The summed E-state index contributed by atoms with van der Waals surface area (Å²) in [7, 11) is 0. The van der Waals surface area contributed by atoms with Crippen molar-refractivity contribution in [1.29, 1.82) is 0 Å². The molecule has 1 aromatic heterocycles. The summed E-state index contributed by atoms with van der Waals surface area (Å²) in [5.41, 5.74) is 4.95. The molecular weight excluding hydrogens is 231 g/mol. The second kappa shape index (κ2) is 4.12. The Bertz CT molecular complexity index is 503. The van der Waals surface area contributed by atoms with E-state index < -0.39 is 11.7 Å². The van der Waals surface area contributed by atoms with Crippen molar-refractivity contribution in [3.05, 3.63) is 48.0 Å². The second-order valence-corrected chi connectivity index (χ2v) is 3.65. The standard InChI is InChI=1S/C11H10F3N3/c12-11(13,14)10-5-9(15)2-1-8(10)6-17-4-3-16-7-17/h1-5,7H,6,15H2. The first-order chi connectivity index (χ1) is 7.97. The summed E-state index contributed by atoms with van der Waals surface area (Å²) in [6.45, 7) is 0.120. The Morgan fingerprint density at radius 1 is 1.29 bits per heavy atom. The van der Waals surface area contributed by atoms with Gasteiger partial charge in [-0.15, -0.1) is 0 Å². The van der Waals surface area contributed by atoms with Gasteiger partial charge in [-0.3, -0.25) is 0 Å². The van der Waals surface area contributed by atoms with E-state index in [0.717, 1.165) is 6.07 Å². The van der Waals surface area contributed by atoms with Crippen molar-refractivity contribution >= 4 is 5.69 Å². The number of nitrogens with two attached hydrogens (primary N) is 1. The van der Waals surface area contributed by atoms with Crippen LogP contribution in [-0.4, -0.2) is 9.55 Å². The lowest BCUT2D eigenvalue weighted by molar-refractivity contribution is -0.138. The molecule has 0 radical (unpaired) electrons. The molecule has 2 aromatic rings. The number of alkyl halides is 3. The van der Waals surface area contributed by atoms with Crippen molar-refractivity contribution in [1.82, 2.24) is 9.55 Å². The summed E-state index contributed by atoms with van der Waals surface area (Å²) >= 11 is 0. The van der Waals surface area contributed by atoms with E-state index in [0.29, 0.717) is 0 Å². The lowest BCUT2D eigenvalue weighted by atomic mass is 10.1. The number of rotatable bonds is 2. The lowest BCUT2D eigenvalue weighted by Crippen LogP contribution is -2.12. The molecule has 0 aliphatic rings. The van der Waals surface area contributed by atoms with Crippen molar-refractivity contribution in [2.75, 3.05) is 5.73 Å². The molecule has 0 unspecified atom stereocenters. The fourth-order valence-electron chi connectivity index (χ4n) is 1.57. The number of benzene rings is 1. The van der Waals surface area contributed by atoms with Crippen LogP contribution in [0.15, 0.2) is 36.9 Å². The highest BCUT2D eigenvalue weighted by atomic mass is 19.4. The fraction of sp³-hybridized carbons (Fsp3) is 0.182. The molecule has 0 saturated heterocycles. The number of nitrogen functional groups attached to an aromatic ring is 1. The van der Waals surface area contributed by atoms with Gasteiger partial charge in [-0.05, 0) is 17.7 Å². The average molecular weight is 241 g/mol. The van der Waals surface area contributed by atoms with E-state index >= 15 is 0 Å². The zero-order valence-corrected chi connectivity index (χ0v) is 8.78. The predicted octanol–water partition coefficient (Wildman–Crippen LogP) is 2.53. The molecule has 0 bridgehead atoms. The molecular formula is C11H10F3N3. The Labute approximate surface area is 95.7 Å². The molecule has 0 spiro atoms. The van der Waals surface area contributed by atoms with Gasteiger partial charge in [-0.2, -0.15) is 13.2 Å². The third kappa shape index (κ3) is 2.58. The molecule has 6 heteroatoms. The third-order valence-corrected chi connectivity index (χ3v) is 2.35. The third-order valence-electron chi connectivity index (χ3n) is 2.35. The van der Waals surface area contributed by atoms with Gasteiger partial charge in [0.1, 0.15) is 0 Å². The van der Waals surface area contributed by atoms with Crippen LogP contribution < -0.4 is 5.73 Å². The monoisotopic (exact) mass is 241 g/mol. The van der Waals surface area contributed by atoms with Crippen molar-refractivity contribution in [2.24, 2.45) is 0 Å². The summed E-state index contributed by atoms with van der Waals surface area (Å²) in [5.74, 6) is 0. The molecule has 0 atom stereocenters. The maximum Gasteiger partial charge on any atom is 0.416 e. The molecule has 0 amide bonds. The van der Waals surface area contributed by atoms with Crippen LogP contribution in [0.3, 0.4) is 0 Å². The molecule has 0 fully saturated rings. The highest BCUT2D eigenvalue weighted by Gasteiger charge is 2.33. The molecule has 17 heavy (non-hydrogen) atoms. The van der Waals surface area contributed by atoms with Gasteiger partial charge in [0.05, 0.1) is 11.9 Å². The van der Waals surface area contributed by atoms with Gasteiger partial charge < -0.3 is 10.3 Å². The summed E-state index contributed by atoms with van der Waals surface area (Å²) < 4.78 is 39.9. The molecule has 0 saturated carbocycles. The lowest BCUT2D eigenvalue weighted by Gasteiger charge is -2.13. The Hall–Kier alpha value is -1.98. The largest absolute Gasteiger partial charge is 0.416 e. The van der Waals surface area contributed by atoms with Crippen LogP contribution in [0.4, 0.5) is 18.9 Å². The van der Waals surface area contributed by atoms with Gasteiger partial charge in [-0.25, -0.2) is 4.98 Å². The second-order valence-electron chi connectivity index (χ2n) is 3.65. The number of hydrogen-bond acceptors (Lipinski definition) is 2. The quantitative estimate of drug-likeness (QED) is 0.821. The summed E-state index contributed by atoms with van der Waals surface area (Å²) in [6, 6.07) is 3.80. The zero-order chi connectivity index (χ0) is 12.5. The van der Waals surface area contributed by atoms with Gasteiger partial charge in [0.15, 0.2) is 0 Å². The van der Waals surface area contributed by atoms with Crippen LogP contribution in [0.5, 0.6) is 0 Å². The minimum Gasteiger partial charge on any atom is -0.399 e. The first-order valence-electron chi connectivity index (χ1n) is 4.88. The van der Waals surface area contributed by atoms with E-state index in [-0.39, 0.29) is 17.8 Å². The number of hydrogen-bond donors (Lipinski definition) is 1. The number of imidazole rings is 1. The maximum absolute atomic E-state index is 12.8. The highest BCUT2D eigenvalue weighted by Crippen LogP contribution is 2.33. The number of aromatic nitrogens is 2. The Morgan fingerprint density at radius 2 is 2.06 bits per heavy atom. The van der Waals surface area contributed by atoms with E-state index in [2.05, 4.69) is 4.98 Å². The Balaban J connectivity index is 2.40. The van der Waals surface area contributed by atoms with Gasteiger partial charge in [0.25, 0.3) is 0 Å². The fourth-order valence-corrected chi connectivity index (χ4v) is 1.57. The molecule has 2 N–H and O–H groups in total. The van der Waals surface area contributed by atoms with Crippen LogP contribution >= 0.6 is 0 Å². The average Bonchev–Trinajstić information content (AvgIpc) is 2.72. The van der Waals surface area contributed by atoms with Gasteiger partial charge in [0, 0.05) is 24.6 Å². The Kier molecular flexibility index (Phi) is 2.79. The molecule has 1 aromatic carbocycles. The SMILES string of the molecule is Nc1ccc(Cn2ccnc2)c(C(F)(F)F)c1. The topological polar surface area (TPSA) is 43.8 Å². The van der Waals surface area contributed by atoms with Gasteiger partial charge in [-0.1, -0.05) is 6.07 Å². The molecule has 90 valence electrons. The Morgan fingerprint density at radius 3 is 2.65 bits per heavy atom. The summed E-state index contributed by atoms with van der Waals surface area (Å²) in [4.78, 5) is 3.78. The van der Waals surface area contributed by atoms with Crippen molar-refractivity contribution in [3.8, 4) is 0 Å². The van der Waals surface area contributed by atoms with Crippen LogP contribution in [0.25, 0.3) is 0 Å². The zero-order valence-electron chi connectivity index (χ0n) is 8.78. The molecule has 2 rings (SSSR count). The summed E-state index contributed by atoms with van der Waals surface area (Å²) in [6.07, 6.45) is 0.197. The van der Waals surface area contributed by atoms with E-state index in [1.807, 2.05) is 0 Å². The molecule has 0 aliphatic carbocycles. The van der Waals surface area contributed by atoms with E-state index in [1.54, 1.807) is 10.8 Å². The predicted molar refractivity (Wildman–Crippen MR) is 57.2 cm³/mol. The molecule has 1 heterocycles. The van der Waals surface area contributed by atoms with E-state index in [4.69, 9.17) is 5.73 Å². The maximum atomic E-state index is 12.8. The van der Waals surface area contributed by atoms with Crippen molar-refractivity contribution in [3.63, 3.8) is 0 Å². The normalized spacial score (nSPS) is 11.7. The first kappa shape index (κ1) is 11.5. The smallest absolute Gasteiger partial charge is 0.399 e. The number of halogens is 3. The minimum absolute atomic E-state index is 0.103. The van der Waals surface area contributed by atoms with E-state index in [9.17, 15) is 13.2 Å². The molecule has 3 nitrogen and oxygen atoms in total. The van der Waals surface area contributed by atoms with Crippen LogP contribution in [-0.2, 0) is 12.7 Å². The van der Waals surface area contributed by atoms with Gasteiger partial charge in [0.2, 0.25) is 0 Å². The summed E-state index contributed by atoms with van der Waals surface area (Å²) in [5, 5.41) is 0. The van der Waals surface area contributed by atoms with Crippen molar-refractivity contribution in [2.45, 2.75) is 12.7 Å².